The highest BCUT2D eigenvalue weighted by Crippen LogP contribution is 2.26. The molecule has 0 saturated carbocycles. The zero-order chi connectivity index (χ0) is 21.6. The molecule has 2 amide bonds. The fraction of sp³-hybridized carbons (Fsp3) is 0.478. The van der Waals surface area contributed by atoms with Gasteiger partial charge in [0.05, 0.1) is 28.6 Å². The number of anilines is 1. The van der Waals surface area contributed by atoms with Crippen LogP contribution in [-0.2, 0) is 9.53 Å². The van der Waals surface area contributed by atoms with E-state index < -0.39 is 0 Å². The maximum atomic E-state index is 12.9. The minimum absolute atomic E-state index is 0.0325. The van der Waals surface area contributed by atoms with Crippen molar-refractivity contribution in [3.05, 3.63) is 53.4 Å². The molecule has 1 aromatic heterocycles. The van der Waals surface area contributed by atoms with E-state index in [0.717, 1.165) is 43.2 Å². The second-order valence-corrected chi connectivity index (χ2v) is 8.37. The van der Waals surface area contributed by atoms with Gasteiger partial charge in [0.2, 0.25) is 5.91 Å². The van der Waals surface area contributed by atoms with Gasteiger partial charge in [0, 0.05) is 52.3 Å². The first-order valence-corrected chi connectivity index (χ1v) is 11.2. The number of amides is 2. The van der Waals surface area contributed by atoms with Crippen molar-refractivity contribution < 1.29 is 18.7 Å². The minimum atomic E-state index is -0.124. The lowest BCUT2D eigenvalue weighted by molar-refractivity contribution is -0.131. The lowest BCUT2D eigenvalue weighted by Crippen LogP contribution is -2.49. The van der Waals surface area contributed by atoms with Crippen LogP contribution in [-0.4, -0.2) is 73.6 Å². The van der Waals surface area contributed by atoms with Gasteiger partial charge in [-0.05, 0) is 31.0 Å². The number of carbonyl (C=O) groups is 2. The van der Waals surface area contributed by atoms with Crippen LogP contribution >= 0.6 is 11.6 Å². The summed E-state index contributed by atoms with van der Waals surface area (Å²) in [6.07, 6.45) is 5.20. The zero-order valence-electron chi connectivity index (χ0n) is 17.5. The molecule has 0 bridgehead atoms. The Bertz CT molecular complexity index is 875. The molecule has 7 nitrogen and oxygen atoms in total. The van der Waals surface area contributed by atoms with Crippen LogP contribution in [0.5, 0.6) is 0 Å². The number of furan rings is 1. The lowest BCUT2D eigenvalue weighted by Gasteiger charge is -2.37. The number of halogens is 1. The van der Waals surface area contributed by atoms with Gasteiger partial charge in [0.25, 0.3) is 5.91 Å². The van der Waals surface area contributed by atoms with Crippen LogP contribution in [0.3, 0.4) is 0 Å². The summed E-state index contributed by atoms with van der Waals surface area (Å²) in [5.74, 6) is -0.0586. The van der Waals surface area contributed by atoms with Gasteiger partial charge in [-0.3, -0.25) is 9.59 Å². The minimum Gasteiger partial charge on any atom is -0.472 e. The lowest BCUT2D eigenvalue weighted by atomic mass is 10.2. The molecule has 0 N–H and O–H groups in total. The van der Waals surface area contributed by atoms with E-state index in [-0.39, 0.29) is 17.9 Å². The summed E-state index contributed by atoms with van der Waals surface area (Å²) in [5, 5.41) is 0.727. The third kappa shape index (κ3) is 5.40. The molecule has 1 atom stereocenters. The number of ether oxygens (including phenoxy) is 1. The molecule has 166 valence electrons. The molecule has 0 aliphatic carbocycles. The number of benzene rings is 1. The third-order valence-corrected chi connectivity index (χ3v) is 6.24. The first-order valence-electron chi connectivity index (χ1n) is 10.8. The predicted octanol–water partition coefficient (Wildman–Crippen LogP) is 3.29. The summed E-state index contributed by atoms with van der Waals surface area (Å²) in [6.45, 7) is 4.36. The fourth-order valence-corrected chi connectivity index (χ4v) is 4.43. The van der Waals surface area contributed by atoms with Gasteiger partial charge >= 0.3 is 0 Å². The van der Waals surface area contributed by atoms with Crippen molar-refractivity contribution >= 4 is 29.1 Å². The van der Waals surface area contributed by atoms with Crippen LogP contribution in [0.2, 0.25) is 5.02 Å². The van der Waals surface area contributed by atoms with Crippen molar-refractivity contribution in [2.45, 2.75) is 25.4 Å². The maximum absolute atomic E-state index is 12.9. The standard InChI is InChI=1S/C23H28ClN3O4/c24-20-5-1-2-6-21(20)25-10-12-26(13-11-25)22(28)7-9-27(16-19-4-3-14-31-19)23(29)18-8-15-30-17-18/h1-2,5-6,8,15,17,19H,3-4,7,9-14,16H2. The topological polar surface area (TPSA) is 66.2 Å². The molecular weight excluding hydrogens is 418 g/mol. The summed E-state index contributed by atoms with van der Waals surface area (Å²) < 4.78 is 10.8. The van der Waals surface area contributed by atoms with Crippen LogP contribution in [0.15, 0.2) is 47.3 Å². The number of piperazine rings is 1. The van der Waals surface area contributed by atoms with Gasteiger partial charge in [0.1, 0.15) is 6.26 Å². The summed E-state index contributed by atoms with van der Waals surface area (Å²) >= 11 is 6.31. The van der Waals surface area contributed by atoms with E-state index in [1.807, 2.05) is 29.2 Å². The molecule has 2 aromatic rings. The quantitative estimate of drug-likeness (QED) is 0.654. The Morgan fingerprint density at radius 2 is 1.94 bits per heavy atom. The molecular formula is C23H28ClN3O4. The SMILES string of the molecule is O=C(CCN(CC1CCCO1)C(=O)c1ccoc1)N1CCN(c2ccccc2Cl)CC1. The molecule has 3 heterocycles. The van der Waals surface area contributed by atoms with Gasteiger partial charge < -0.3 is 23.9 Å². The molecule has 2 fully saturated rings. The Balaban J connectivity index is 1.31. The molecule has 2 saturated heterocycles. The summed E-state index contributed by atoms with van der Waals surface area (Å²) in [6, 6.07) is 9.43. The van der Waals surface area contributed by atoms with Crippen molar-refractivity contribution in [1.29, 1.82) is 0 Å². The molecule has 1 unspecified atom stereocenters. The van der Waals surface area contributed by atoms with E-state index in [0.29, 0.717) is 38.2 Å². The molecule has 0 spiro atoms. The summed E-state index contributed by atoms with van der Waals surface area (Å²) in [7, 11) is 0. The number of rotatable bonds is 7. The third-order valence-electron chi connectivity index (χ3n) is 5.92. The van der Waals surface area contributed by atoms with E-state index in [9.17, 15) is 9.59 Å². The smallest absolute Gasteiger partial charge is 0.257 e. The summed E-state index contributed by atoms with van der Waals surface area (Å²) in [5.41, 5.74) is 1.50. The van der Waals surface area contributed by atoms with E-state index in [1.54, 1.807) is 11.0 Å². The molecule has 4 rings (SSSR count). The highest BCUT2D eigenvalue weighted by Gasteiger charge is 2.27. The van der Waals surface area contributed by atoms with Crippen molar-refractivity contribution in [2.24, 2.45) is 0 Å². The normalized spacial score (nSPS) is 18.9. The van der Waals surface area contributed by atoms with Crippen molar-refractivity contribution in [3.8, 4) is 0 Å². The summed E-state index contributed by atoms with van der Waals surface area (Å²) in [4.78, 5) is 31.5. The Labute approximate surface area is 187 Å². The predicted molar refractivity (Wildman–Crippen MR) is 118 cm³/mol. The van der Waals surface area contributed by atoms with Crippen LogP contribution in [0.1, 0.15) is 29.6 Å². The Hall–Kier alpha value is -2.51. The molecule has 31 heavy (non-hydrogen) atoms. The highest BCUT2D eigenvalue weighted by molar-refractivity contribution is 6.33. The van der Waals surface area contributed by atoms with Gasteiger partial charge in [-0.15, -0.1) is 0 Å². The highest BCUT2D eigenvalue weighted by atomic mass is 35.5. The second-order valence-electron chi connectivity index (χ2n) is 7.97. The Morgan fingerprint density at radius 1 is 1.13 bits per heavy atom. The van der Waals surface area contributed by atoms with Crippen molar-refractivity contribution in [2.75, 3.05) is 50.8 Å². The number of carbonyl (C=O) groups excluding carboxylic acids is 2. The molecule has 1 aromatic carbocycles. The number of hydrogen-bond acceptors (Lipinski definition) is 5. The molecule has 0 radical (unpaired) electrons. The van der Waals surface area contributed by atoms with Crippen molar-refractivity contribution in [1.82, 2.24) is 9.80 Å². The Morgan fingerprint density at radius 3 is 2.61 bits per heavy atom. The number of para-hydroxylation sites is 1. The average Bonchev–Trinajstić information content (AvgIpc) is 3.51. The van der Waals surface area contributed by atoms with Gasteiger partial charge in [-0.1, -0.05) is 23.7 Å². The van der Waals surface area contributed by atoms with E-state index in [1.165, 1.54) is 12.5 Å². The van der Waals surface area contributed by atoms with E-state index in [2.05, 4.69) is 4.90 Å². The van der Waals surface area contributed by atoms with E-state index in [4.69, 9.17) is 20.8 Å². The van der Waals surface area contributed by atoms with Crippen LogP contribution < -0.4 is 4.90 Å². The molecule has 8 heteroatoms. The largest absolute Gasteiger partial charge is 0.472 e. The van der Waals surface area contributed by atoms with Crippen LogP contribution in [0, 0.1) is 0 Å². The van der Waals surface area contributed by atoms with Gasteiger partial charge in [-0.2, -0.15) is 0 Å². The molecule has 2 aliphatic heterocycles. The van der Waals surface area contributed by atoms with Gasteiger partial charge in [-0.25, -0.2) is 0 Å². The number of hydrogen-bond donors (Lipinski definition) is 0. The number of nitrogens with zero attached hydrogens (tertiary/aromatic N) is 3. The Kier molecular flexibility index (Phi) is 7.14. The maximum Gasteiger partial charge on any atom is 0.257 e. The fourth-order valence-electron chi connectivity index (χ4n) is 4.17. The van der Waals surface area contributed by atoms with Crippen LogP contribution in [0.25, 0.3) is 0 Å². The van der Waals surface area contributed by atoms with E-state index >= 15 is 0 Å². The molecule has 2 aliphatic rings. The average molecular weight is 446 g/mol. The zero-order valence-corrected chi connectivity index (χ0v) is 18.3. The second kappa shape index (κ2) is 10.2. The first-order chi connectivity index (χ1) is 15.1. The first kappa shape index (κ1) is 21.7. The van der Waals surface area contributed by atoms with Gasteiger partial charge in [0.15, 0.2) is 0 Å². The van der Waals surface area contributed by atoms with Crippen LogP contribution in [0.4, 0.5) is 5.69 Å². The van der Waals surface area contributed by atoms with Crippen molar-refractivity contribution in [3.63, 3.8) is 0 Å². The monoisotopic (exact) mass is 445 g/mol.